The number of fused-ring (bicyclic) bond motifs is 3. The minimum Gasteiger partial charge on any atom is -0.481 e. The Kier molecular flexibility index (Phi) is 6.75. The van der Waals surface area contributed by atoms with E-state index in [0.29, 0.717) is 32.0 Å². The van der Waals surface area contributed by atoms with Gasteiger partial charge in [-0.3, -0.25) is 9.59 Å². The van der Waals surface area contributed by atoms with Gasteiger partial charge < -0.3 is 20.5 Å². The Balaban J connectivity index is 1.03. The number of alkyl carbamates (subject to hydrolysis) is 1. The zero-order chi connectivity index (χ0) is 24.4. The Bertz CT molecular complexity index is 1060. The predicted molar refractivity (Wildman–Crippen MR) is 131 cm³/mol. The summed E-state index contributed by atoms with van der Waals surface area (Å²) < 4.78 is 5.62. The lowest BCUT2D eigenvalue weighted by Crippen LogP contribution is -2.37. The van der Waals surface area contributed by atoms with Gasteiger partial charge in [-0.25, -0.2) is 4.79 Å². The van der Waals surface area contributed by atoms with E-state index in [1.165, 1.54) is 22.3 Å². The molecule has 3 aliphatic carbocycles. The van der Waals surface area contributed by atoms with Crippen LogP contribution in [0, 0.1) is 23.7 Å². The van der Waals surface area contributed by atoms with Gasteiger partial charge in [-0.1, -0.05) is 48.5 Å². The summed E-state index contributed by atoms with van der Waals surface area (Å²) in [5.41, 5.74) is 4.80. The van der Waals surface area contributed by atoms with Crippen LogP contribution in [0.15, 0.2) is 48.5 Å². The topological polar surface area (TPSA) is 105 Å². The van der Waals surface area contributed by atoms with E-state index in [9.17, 15) is 14.4 Å². The number of nitrogens with one attached hydrogen (secondary N) is 2. The van der Waals surface area contributed by atoms with Crippen LogP contribution in [0.5, 0.6) is 0 Å². The van der Waals surface area contributed by atoms with Crippen molar-refractivity contribution in [2.45, 2.75) is 38.0 Å². The molecule has 2 saturated carbocycles. The second-order valence-corrected chi connectivity index (χ2v) is 10.1. The summed E-state index contributed by atoms with van der Waals surface area (Å²) in [5.74, 6) is -0.604. The standard InChI is InChI=1S/C28H32N2O5/c31-26(29-15-19-13-24(19)27(32)33)18-11-9-17(10-12-18)14-30-28(34)35-16-25-22-7-3-1-5-20(22)21-6-2-4-8-23(21)25/h1-8,17-19,24-25H,9-16H2,(H,29,31)(H,30,34)(H,32,33). The molecule has 0 heterocycles. The molecular weight excluding hydrogens is 444 g/mol. The van der Waals surface area contributed by atoms with E-state index in [4.69, 9.17) is 9.84 Å². The second-order valence-electron chi connectivity index (χ2n) is 10.1. The van der Waals surface area contributed by atoms with Crippen molar-refractivity contribution in [3.05, 3.63) is 59.7 Å². The van der Waals surface area contributed by atoms with Gasteiger partial charge in [-0.15, -0.1) is 0 Å². The van der Waals surface area contributed by atoms with Crippen LogP contribution in [0.3, 0.4) is 0 Å². The molecular formula is C28H32N2O5. The maximum Gasteiger partial charge on any atom is 0.407 e. The van der Waals surface area contributed by atoms with Gasteiger partial charge in [0.25, 0.3) is 0 Å². The number of hydrogen-bond donors (Lipinski definition) is 3. The summed E-state index contributed by atoms with van der Waals surface area (Å²) in [6.07, 6.45) is 3.59. The highest BCUT2D eigenvalue weighted by Gasteiger charge is 2.43. The van der Waals surface area contributed by atoms with E-state index >= 15 is 0 Å². The number of carboxylic acid groups (broad SMARTS) is 1. The van der Waals surface area contributed by atoms with Gasteiger partial charge in [-0.2, -0.15) is 0 Å². The fraction of sp³-hybridized carbons (Fsp3) is 0.464. The summed E-state index contributed by atoms with van der Waals surface area (Å²) in [6, 6.07) is 16.5. The maximum absolute atomic E-state index is 12.4. The van der Waals surface area contributed by atoms with Crippen molar-refractivity contribution in [3.8, 4) is 11.1 Å². The van der Waals surface area contributed by atoms with E-state index in [1.807, 2.05) is 24.3 Å². The van der Waals surface area contributed by atoms with Crippen molar-refractivity contribution in [2.24, 2.45) is 23.7 Å². The third-order valence-electron chi connectivity index (χ3n) is 7.87. The Morgan fingerprint density at radius 1 is 0.857 bits per heavy atom. The molecule has 3 aliphatic rings. The summed E-state index contributed by atoms with van der Waals surface area (Å²) in [7, 11) is 0. The molecule has 3 N–H and O–H groups in total. The summed E-state index contributed by atoms with van der Waals surface area (Å²) in [4.78, 5) is 35.8. The van der Waals surface area contributed by atoms with Gasteiger partial charge in [0.05, 0.1) is 5.92 Å². The van der Waals surface area contributed by atoms with Crippen LogP contribution in [0.4, 0.5) is 4.79 Å². The second kappa shape index (κ2) is 10.1. The number of carboxylic acids is 1. The molecule has 2 amide bonds. The van der Waals surface area contributed by atoms with Crippen LogP contribution in [0.1, 0.15) is 49.1 Å². The normalized spacial score (nSPS) is 24.7. The predicted octanol–water partition coefficient (Wildman–Crippen LogP) is 4.17. The molecule has 0 radical (unpaired) electrons. The average molecular weight is 477 g/mol. The third kappa shape index (κ3) is 5.19. The first-order valence-electron chi connectivity index (χ1n) is 12.6. The monoisotopic (exact) mass is 476 g/mol. The highest BCUT2D eigenvalue weighted by atomic mass is 16.5. The Morgan fingerprint density at radius 2 is 1.49 bits per heavy atom. The number of carbonyl (C=O) groups excluding carboxylic acids is 2. The molecule has 7 heteroatoms. The molecule has 0 saturated heterocycles. The lowest BCUT2D eigenvalue weighted by atomic mass is 9.81. The number of rotatable bonds is 8. The largest absolute Gasteiger partial charge is 0.481 e. The zero-order valence-corrected chi connectivity index (χ0v) is 19.7. The van der Waals surface area contributed by atoms with Crippen LogP contribution >= 0.6 is 0 Å². The molecule has 2 unspecified atom stereocenters. The summed E-state index contributed by atoms with van der Waals surface area (Å²) in [5, 5.41) is 14.8. The fourth-order valence-corrected chi connectivity index (χ4v) is 5.66. The number of hydrogen-bond acceptors (Lipinski definition) is 4. The SMILES string of the molecule is O=C(NCC1CCC(C(=O)NCC2CC2C(=O)O)CC1)OCC1c2ccccc2-c2ccccc21. The van der Waals surface area contributed by atoms with E-state index < -0.39 is 12.1 Å². The lowest BCUT2D eigenvalue weighted by Gasteiger charge is -2.28. The quantitative estimate of drug-likeness (QED) is 0.531. The molecule has 2 atom stereocenters. The van der Waals surface area contributed by atoms with Crippen LogP contribution in [0.25, 0.3) is 11.1 Å². The molecule has 0 aliphatic heterocycles. The number of aliphatic carboxylic acids is 1. The van der Waals surface area contributed by atoms with Gasteiger partial charge >= 0.3 is 12.1 Å². The van der Waals surface area contributed by atoms with Crippen molar-refractivity contribution < 1.29 is 24.2 Å². The fourth-order valence-electron chi connectivity index (χ4n) is 5.66. The molecule has 0 aromatic heterocycles. The number of amides is 2. The number of ether oxygens (including phenoxy) is 1. The molecule has 2 aromatic rings. The molecule has 2 fully saturated rings. The first kappa shape index (κ1) is 23.4. The highest BCUT2D eigenvalue weighted by Crippen LogP contribution is 2.44. The van der Waals surface area contributed by atoms with Crippen molar-refractivity contribution >= 4 is 18.0 Å². The van der Waals surface area contributed by atoms with Gasteiger partial charge in [0, 0.05) is 24.9 Å². The van der Waals surface area contributed by atoms with Crippen molar-refractivity contribution in [3.63, 3.8) is 0 Å². The minimum absolute atomic E-state index is 0.0252. The van der Waals surface area contributed by atoms with Crippen molar-refractivity contribution in [2.75, 3.05) is 19.7 Å². The Morgan fingerprint density at radius 3 is 2.09 bits per heavy atom. The van der Waals surface area contributed by atoms with Crippen LogP contribution < -0.4 is 10.6 Å². The van der Waals surface area contributed by atoms with Gasteiger partial charge in [0.1, 0.15) is 6.61 Å². The van der Waals surface area contributed by atoms with Gasteiger partial charge in [0.15, 0.2) is 0 Å². The van der Waals surface area contributed by atoms with E-state index in [1.54, 1.807) is 0 Å². The molecule has 0 bridgehead atoms. The van der Waals surface area contributed by atoms with Gasteiger partial charge in [0.2, 0.25) is 5.91 Å². The first-order chi connectivity index (χ1) is 17.0. The molecule has 5 rings (SSSR count). The maximum atomic E-state index is 12.4. The highest BCUT2D eigenvalue weighted by molar-refractivity contribution is 5.80. The molecule has 2 aromatic carbocycles. The first-order valence-corrected chi connectivity index (χ1v) is 12.6. The zero-order valence-electron chi connectivity index (χ0n) is 19.7. The van der Waals surface area contributed by atoms with Crippen LogP contribution in [-0.4, -0.2) is 42.8 Å². The molecule has 35 heavy (non-hydrogen) atoms. The third-order valence-corrected chi connectivity index (χ3v) is 7.87. The summed E-state index contributed by atoms with van der Waals surface area (Å²) in [6.45, 7) is 1.31. The minimum atomic E-state index is -0.770. The summed E-state index contributed by atoms with van der Waals surface area (Å²) >= 11 is 0. The van der Waals surface area contributed by atoms with E-state index in [2.05, 4.69) is 34.9 Å². The average Bonchev–Trinajstić information content (AvgIpc) is 3.60. The Labute approximate surface area is 205 Å². The lowest BCUT2D eigenvalue weighted by molar-refractivity contribution is -0.139. The van der Waals surface area contributed by atoms with Gasteiger partial charge in [-0.05, 0) is 66.2 Å². The van der Waals surface area contributed by atoms with Crippen molar-refractivity contribution in [1.82, 2.24) is 10.6 Å². The smallest absolute Gasteiger partial charge is 0.407 e. The van der Waals surface area contributed by atoms with E-state index in [0.717, 1.165) is 25.7 Å². The number of carbonyl (C=O) groups is 3. The van der Waals surface area contributed by atoms with Crippen molar-refractivity contribution in [1.29, 1.82) is 0 Å². The molecule has 184 valence electrons. The van der Waals surface area contributed by atoms with E-state index in [-0.39, 0.29) is 29.6 Å². The molecule has 0 spiro atoms. The molecule has 7 nitrogen and oxygen atoms in total. The van der Waals surface area contributed by atoms with Crippen LogP contribution in [0.2, 0.25) is 0 Å². The van der Waals surface area contributed by atoms with Crippen LogP contribution in [-0.2, 0) is 14.3 Å². The number of benzene rings is 2. The Hall–Kier alpha value is -3.35.